The summed E-state index contributed by atoms with van der Waals surface area (Å²) in [5, 5.41) is 0. The highest BCUT2D eigenvalue weighted by molar-refractivity contribution is 8.00. The second kappa shape index (κ2) is 10.00. The summed E-state index contributed by atoms with van der Waals surface area (Å²) in [5.41, 5.74) is -2.89. The lowest BCUT2D eigenvalue weighted by atomic mass is 9.76. The summed E-state index contributed by atoms with van der Waals surface area (Å²) in [7, 11) is -8.42. The average Bonchev–Trinajstić information content (AvgIpc) is 2.81. The summed E-state index contributed by atoms with van der Waals surface area (Å²) in [6.07, 6.45) is 1.62. The van der Waals surface area contributed by atoms with Gasteiger partial charge in [-0.3, -0.25) is 4.55 Å². The predicted octanol–water partition coefficient (Wildman–Crippen LogP) is 4.06. The molecule has 0 fully saturated rings. The summed E-state index contributed by atoms with van der Waals surface area (Å²) in [6, 6.07) is 4.47. The van der Waals surface area contributed by atoms with E-state index in [0.29, 0.717) is 37.1 Å². The van der Waals surface area contributed by atoms with Crippen LogP contribution in [0.5, 0.6) is 0 Å². The number of alkyl halides is 3. The molecule has 182 valence electrons. The number of hydrogen-bond acceptors (Lipinski definition) is 6. The molecule has 1 aliphatic rings. The molecule has 1 aromatic carbocycles. The van der Waals surface area contributed by atoms with Crippen LogP contribution < -0.4 is 0 Å². The minimum atomic E-state index is -4.44. The third-order valence-electron chi connectivity index (χ3n) is 5.65. The molecule has 13 heteroatoms. The van der Waals surface area contributed by atoms with Crippen LogP contribution in [0.1, 0.15) is 51.5 Å². The van der Waals surface area contributed by atoms with E-state index in [1.807, 2.05) is 18.4 Å². The lowest BCUT2D eigenvalue weighted by Crippen LogP contribution is -2.30. The van der Waals surface area contributed by atoms with Crippen LogP contribution in [0.4, 0.5) is 18.9 Å². The summed E-state index contributed by atoms with van der Waals surface area (Å²) in [5.74, 6) is -0.882. The van der Waals surface area contributed by atoms with Gasteiger partial charge in [-0.25, -0.2) is 8.42 Å². The van der Waals surface area contributed by atoms with E-state index in [0.717, 1.165) is 5.71 Å². The summed E-state index contributed by atoms with van der Waals surface area (Å²) < 4.78 is 104. The van der Waals surface area contributed by atoms with Crippen molar-refractivity contribution >= 4 is 43.4 Å². The highest BCUT2D eigenvalue weighted by atomic mass is 32.2. The molecule has 1 N–H and O–H groups in total. The molecule has 7 nitrogen and oxygen atoms in total. The average molecular weight is 518 g/mol. The molecule has 0 saturated carbocycles. The Morgan fingerprint density at radius 1 is 1.09 bits per heavy atom. The first-order valence-corrected chi connectivity index (χ1v) is 13.9. The lowest BCUT2D eigenvalue weighted by molar-refractivity contribution is -0.439. The van der Waals surface area contributed by atoms with Crippen molar-refractivity contribution in [1.82, 2.24) is 0 Å². The number of nitrogens with zero attached hydrogens (tertiary/aromatic N) is 1. The van der Waals surface area contributed by atoms with Gasteiger partial charge in [-0.2, -0.15) is 26.2 Å². The number of fused-ring (bicyclic) bond motifs is 1. The molecule has 1 atom stereocenters. The van der Waals surface area contributed by atoms with E-state index in [4.69, 9.17) is 4.55 Å². The van der Waals surface area contributed by atoms with Gasteiger partial charge in [-0.15, -0.1) is 0 Å². The van der Waals surface area contributed by atoms with E-state index in [1.165, 1.54) is 12.1 Å². The molecule has 32 heavy (non-hydrogen) atoms. The Balaban J connectivity index is 2.31. The van der Waals surface area contributed by atoms with Crippen molar-refractivity contribution in [2.24, 2.45) is 0 Å². The molecule has 0 amide bonds. The van der Waals surface area contributed by atoms with E-state index in [1.54, 1.807) is 6.07 Å². The highest BCUT2D eigenvalue weighted by Gasteiger charge is 2.46. The number of halogens is 3. The fourth-order valence-corrected chi connectivity index (χ4v) is 5.69. The Bertz CT molecular complexity index is 1080. The number of hydrogen-bond donors (Lipinski definition) is 1. The van der Waals surface area contributed by atoms with Crippen LogP contribution in [0.15, 0.2) is 23.1 Å². The summed E-state index contributed by atoms with van der Waals surface area (Å²) in [6.45, 7) is 4.11. The molecule has 2 rings (SSSR count). The Morgan fingerprint density at radius 2 is 1.72 bits per heavy atom. The largest absolute Gasteiger partial charge is 0.748 e. The number of benzene rings is 1. The van der Waals surface area contributed by atoms with Crippen LogP contribution >= 0.6 is 11.8 Å². The first kappa shape index (κ1) is 27.1. The number of thioether (sulfide) groups is 1. The molecule has 0 saturated heterocycles. The lowest BCUT2D eigenvalue weighted by Gasteiger charge is -2.23. The van der Waals surface area contributed by atoms with Crippen molar-refractivity contribution in [3.05, 3.63) is 23.8 Å². The maximum Gasteiger partial charge on any atom is 0.446 e. The highest BCUT2D eigenvalue weighted by Crippen LogP contribution is 2.46. The van der Waals surface area contributed by atoms with Crippen LogP contribution in [-0.4, -0.2) is 59.8 Å². The van der Waals surface area contributed by atoms with Gasteiger partial charge in [0.25, 0.3) is 10.1 Å². The van der Waals surface area contributed by atoms with Gasteiger partial charge in [-0.1, -0.05) is 6.42 Å². The SMILES string of the molecule is CC1=[N+](CCCCS(=O)(=O)O)c2ccc(SC(F)(F)F)cc2C1(C)CCCCS(=O)(=O)[O-]. The Labute approximate surface area is 190 Å². The monoisotopic (exact) mass is 517 g/mol. The Hall–Kier alpha value is -1.15. The molecule has 0 aliphatic carbocycles. The van der Waals surface area contributed by atoms with Gasteiger partial charge in [0.1, 0.15) is 6.54 Å². The molecule has 0 bridgehead atoms. The fraction of sp³-hybridized carbons (Fsp3) is 0.632. The summed E-state index contributed by atoms with van der Waals surface area (Å²) >= 11 is -0.217. The quantitative estimate of drug-likeness (QED) is 0.204. The molecule has 1 aromatic rings. The second-order valence-electron chi connectivity index (χ2n) is 8.01. The molecule has 0 aromatic heterocycles. The first-order chi connectivity index (χ1) is 14.5. The predicted molar refractivity (Wildman–Crippen MR) is 115 cm³/mol. The van der Waals surface area contributed by atoms with E-state index < -0.39 is 36.9 Å². The van der Waals surface area contributed by atoms with Crippen LogP contribution in [0.3, 0.4) is 0 Å². The van der Waals surface area contributed by atoms with Crippen molar-refractivity contribution < 1.29 is 43.7 Å². The smallest absolute Gasteiger partial charge is 0.446 e. The zero-order valence-corrected chi connectivity index (χ0v) is 20.1. The minimum Gasteiger partial charge on any atom is -0.748 e. The molecule has 1 heterocycles. The molecule has 0 radical (unpaired) electrons. The van der Waals surface area contributed by atoms with Crippen molar-refractivity contribution in [2.75, 3.05) is 18.1 Å². The van der Waals surface area contributed by atoms with Gasteiger partial charge in [0, 0.05) is 35.6 Å². The zero-order valence-electron chi connectivity index (χ0n) is 17.7. The van der Waals surface area contributed by atoms with Gasteiger partial charge in [0.15, 0.2) is 5.71 Å². The fourth-order valence-electron chi connectivity index (χ4n) is 3.98. The van der Waals surface area contributed by atoms with Crippen LogP contribution in [0.2, 0.25) is 0 Å². The Kier molecular flexibility index (Phi) is 8.47. The Morgan fingerprint density at radius 3 is 2.28 bits per heavy atom. The van der Waals surface area contributed by atoms with Gasteiger partial charge in [0.05, 0.1) is 21.3 Å². The van der Waals surface area contributed by atoms with E-state index >= 15 is 0 Å². The summed E-state index contributed by atoms with van der Waals surface area (Å²) in [4.78, 5) is 0.0330. The maximum absolute atomic E-state index is 12.9. The van der Waals surface area contributed by atoms with Gasteiger partial charge >= 0.3 is 5.51 Å². The first-order valence-electron chi connectivity index (χ1n) is 9.92. The topological polar surface area (TPSA) is 115 Å². The van der Waals surface area contributed by atoms with Gasteiger partial charge in [0.2, 0.25) is 5.69 Å². The van der Waals surface area contributed by atoms with E-state index in [9.17, 15) is 34.6 Å². The number of unbranched alkanes of at least 4 members (excludes halogenated alkanes) is 2. The van der Waals surface area contributed by atoms with E-state index in [2.05, 4.69) is 0 Å². The molecule has 1 aliphatic heterocycles. The number of rotatable bonds is 11. The van der Waals surface area contributed by atoms with Crippen LogP contribution in [-0.2, 0) is 25.7 Å². The zero-order chi connectivity index (χ0) is 24.4. The normalized spacial score (nSPS) is 19.5. The van der Waals surface area contributed by atoms with Crippen LogP contribution in [0, 0.1) is 0 Å². The minimum absolute atomic E-state index is 0.0330. The van der Waals surface area contributed by atoms with E-state index in [-0.39, 0.29) is 35.3 Å². The maximum atomic E-state index is 12.9. The van der Waals surface area contributed by atoms with Crippen molar-refractivity contribution in [1.29, 1.82) is 0 Å². The van der Waals surface area contributed by atoms with Crippen molar-refractivity contribution in [2.45, 2.75) is 61.8 Å². The third kappa shape index (κ3) is 7.72. The molecular weight excluding hydrogens is 491 g/mol. The standard InChI is InChI=1S/C19H26F3NO6S3/c1-14-18(2,9-3-5-11-31(24,25)26)16-13-15(30-19(20,21)22)7-8-17(16)23(14)10-4-6-12-32(27,28)29/h7-8,13H,3-6,9-12H2,1-2H3,(H-,24,25,26,27,28,29). The molecule has 1 unspecified atom stereocenters. The van der Waals surface area contributed by atoms with Crippen LogP contribution in [0.25, 0.3) is 0 Å². The van der Waals surface area contributed by atoms with Crippen molar-refractivity contribution in [3.63, 3.8) is 0 Å². The van der Waals surface area contributed by atoms with Crippen molar-refractivity contribution in [3.8, 4) is 0 Å². The second-order valence-corrected chi connectivity index (χ2v) is 12.2. The molecule has 0 spiro atoms. The van der Waals surface area contributed by atoms with Gasteiger partial charge in [-0.05, 0) is 50.1 Å². The molecular formula is C19H26F3NO6S3. The van der Waals surface area contributed by atoms with Gasteiger partial charge < -0.3 is 4.55 Å². The third-order valence-corrected chi connectivity index (χ3v) is 7.96.